The molecule has 108 valence electrons. The summed E-state index contributed by atoms with van der Waals surface area (Å²) < 4.78 is 0.811. The van der Waals surface area contributed by atoms with Crippen molar-refractivity contribution in [1.82, 2.24) is 9.88 Å². The lowest BCUT2D eigenvalue weighted by Gasteiger charge is -2.32. The Morgan fingerprint density at radius 3 is 2.50 bits per heavy atom. The molecule has 2 aromatic rings. The van der Waals surface area contributed by atoms with E-state index in [4.69, 9.17) is 17.3 Å². The van der Waals surface area contributed by atoms with Crippen molar-refractivity contribution >= 4 is 22.9 Å². The number of nitrogens with two attached hydrogens (primary N) is 1. The zero-order valence-corrected chi connectivity index (χ0v) is 13.4. The number of nitrogens with zero attached hydrogens (tertiary/aromatic N) is 2. The van der Waals surface area contributed by atoms with Gasteiger partial charge in [-0.1, -0.05) is 18.5 Å². The summed E-state index contributed by atoms with van der Waals surface area (Å²) in [6.07, 6.45) is 3.65. The lowest BCUT2D eigenvalue weighted by molar-refractivity contribution is 0.180. The number of halogens is 1. The third-order valence-electron chi connectivity index (χ3n) is 3.32. The lowest BCUT2D eigenvalue weighted by Crippen LogP contribution is -2.38. The van der Waals surface area contributed by atoms with E-state index < -0.39 is 0 Å². The highest BCUT2D eigenvalue weighted by Crippen LogP contribution is 2.32. The van der Waals surface area contributed by atoms with Gasteiger partial charge in [0.05, 0.1) is 10.4 Å². The first-order chi connectivity index (χ1) is 9.61. The van der Waals surface area contributed by atoms with Crippen LogP contribution in [-0.2, 0) is 6.54 Å². The van der Waals surface area contributed by atoms with Gasteiger partial charge in [-0.05, 0) is 43.3 Å². The molecule has 2 rings (SSSR count). The Morgan fingerprint density at radius 1 is 1.30 bits per heavy atom. The Bertz CT molecular complexity index is 527. The van der Waals surface area contributed by atoms with E-state index in [-0.39, 0.29) is 12.1 Å². The van der Waals surface area contributed by atoms with Crippen LogP contribution in [0.1, 0.15) is 30.3 Å². The van der Waals surface area contributed by atoms with Crippen molar-refractivity contribution in [3.8, 4) is 0 Å². The van der Waals surface area contributed by atoms with Gasteiger partial charge in [0.1, 0.15) is 0 Å². The minimum absolute atomic E-state index is 0.0477. The van der Waals surface area contributed by atoms with Crippen molar-refractivity contribution in [2.45, 2.75) is 32.5 Å². The molecule has 0 bridgehead atoms. The number of aromatic nitrogens is 1. The number of hydrogen-bond acceptors (Lipinski definition) is 4. The summed E-state index contributed by atoms with van der Waals surface area (Å²) >= 11 is 7.68. The van der Waals surface area contributed by atoms with E-state index in [1.165, 1.54) is 10.4 Å². The molecule has 0 aromatic carbocycles. The van der Waals surface area contributed by atoms with Crippen molar-refractivity contribution in [2.75, 3.05) is 6.54 Å². The molecule has 0 saturated carbocycles. The fraction of sp³-hybridized carbons (Fsp3) is 0.400. The first-order valence-electron chi connectivity index (χ1n) is 6.75. The van der Waals surface area contributed by atoms with Crippen LogP contribution >= 0.6 is 22.9 Å². The van der Waals surface area contributed by atoms with Crippen LogP contribution in [0.3, 0.4) is 0 Å². The van der Waals surface area contributed by atoms with Gasteiger partial charge >= 0.3 is 0 Å². The molecule has 3 nitrogen and oxygen atoms in total. The molecule has 0 fully saturated rings. The fourth-order valence-corrected chi connectivity index (χ4v) is 3.70. The number of rotatable bonds is 6. The normalized spacial score (nSPS) is 14.4. The number of pyridine rings is 1. The van der Waals surface area contributed by atoms with E-state index in [9.17, 15) is 0 Å². The summed E-state index contributed by atoms with van der Waals surface area (Å²) in [5.74, 6) is 0. The highest BCUT2D eigenvalue weighted by Gasteiger charge is 2.24. The molecule has 0 radical (unpaired) electrons. The van der Waals surface area contributed by atoms with Crippen LogP contribution < -0.4 is 5.73 Å². The molecular weight excluding hydrogens is 290 g/mol. The van der Waals surface area contributed by atoms with E-state index in [0.29, 0.717) is 0 Å². The highest BCUT2D eigenvalue weighted by molar-refractivity contribution is 7.16. The summed E-state index contributed by atoms with van der Waals surface area (Å²) in [4.78, 5) is 7.66. The zero-order chi connectivity index (χ0) is 14.5. The third kappa shape index (κ3) is 3.79. The van der Waals surface area contributed by atoms with Crippen LogP contribution in [-0.4, -0.2) is 22.5 Å². The fourth-order valence-electron chi connectivity index (χ4n) is 2.39. The molecule has 0 saturated heterocycles. The van der Waals surface area contributed by atoms with Crippen LogP contribution in [0.25, 0.3) is 0 Å². The van der Waals surface area contributed by atoms with Crippen molar-refractivity contribution < 1.29 is 0 Å². The minimum atomic E-state index is 0.0477. The minimum Gasteiger partial charge on any atom is -0.326 e. The second-order valence-electron chi connectivity index (χ2n) is 4.86. The van der Waals surface area contributed by atoms with E-state index in [0.717, 1.165) is 17.4 Å². The number of likely N-dealkylation sites (N-methyl/N-ethyl adjacent to an activating group) is 1. The Kier molecular flexibility index (Phi) is 5.54. The predicted octanol–water partition coefficient (Wildman–Crippen LogP) is 3.71. The molecule has 2 aromatic heterocycles. The molecular formula is C15H20ClN3S. The second kappa shape index (κ2) is 7.18. The average Bonchev–Trinajstić information content (AvgIpc) is 2.85. The predicted molar refractivity (Wildman–Crippen MR) is 86.0 cm³/mol. The zero-order valence-electron chi connectivity index (χ0n) is 11.8. The molecule has 20 heavy (non-hydrogen) atoms. The van der Waals surface area contributed by atoms with E-state index in [1.807, 2.05) is 37.5 Å². The van der Waals surface area contributed by atoms with Gasteiger partial charge < -0.3 is 5.73 Å². The molecule has 5 heteroatoms. The Hall–Kier alpha value is -0.940. The van der Waals surface area contributed by atoms with Gasteiger partial charge in [0, 0.05) is 29.9 Å². The molecule has 0 aliphatic heterocycles. The first kappa shape index (κ1) is 15.4. The van der Waals surface area contributed by atoms with Crippen LogP contribution in [0.4, 0.5) is 0 Å². The smallest absolute Gasteiger partial charge is 0.0931 e. The molecule has 2 N–H and O–H groups in total. The topological polar surface area (TPSA) is 42.2 Å². The number of hydrogen-bond donors (Lipinski definition) is 1. The molecule has 0 spiro atoms. The van der Waals surface area contributed by atoms with Crippen molar-refractivity contribution in [3.05, 3.63) is 51.4 Å². The molecule has 2 atom stereocenters. The first-order valence-corrected chi connectivity index (χ1v) is 7.95. The van der Waals surface area contributed by atoms with Gasteiger partial charge in [0.15, 0.2) is 0 Å². The van der Waals surface area contributed by atoms with E-state index in [2.05, 4.69) is 22.9 Å². The van der Waals surface area contributed by atoms with E-state index in [1.54, 1.807) is 11.3 Å². The molecule has 2 heterocycles. The molecule has 0 amide bonds. The maximum atomic E-state index is 6.22. The summed E-state index contributed by atoms with van der Waals surface area (Å²) in [5, 5.41) is 0. The van der Waals surface area contributed by atoms with Crippen molar-refractivity contribution in [3.63, 3.8) is 0 Å². The van der Waals surface area contributed by atoms with Crippen LogP contribution in [0.15, 0.2) is 36.7 Å². The van der Waals surface area contributed by atoms with Crippen LogP contribution in [0, 0.1) is 0 Å². The average molecular weight is 310 g/mol. The Labute approximate surface area is 129 Å². The van der Waals surface area contributed by atoms with Crippen LogP contribution in [0.5, 0.6) is 0 Å². The maximum absolute atomic E-state index is 6.22. The summed E-state index contributed by atoms with van der Waals surface area (Å²) in [6, 6.07) is 8.34. The second-order valence-corrected chi connectivity index (χ2v) is 6.61. The van der Waals surface area contributed by atoms with Gasteiger partial charge in [0.2, 0.25) is 0 Å². The molecule has 2 unspecified atom stereocenters. The molecule has 0 aliphatic carbocycles. The van der Waals surface area contributed by atoms with Gasteiger partial charge in [0.25, 0.3) is 0 Å². The largest absolute Gasteiger partial charge is 0.326 e. The Morgan fingerprint density at radius 2 is 2.00 bits per heavy atom. The van der Waals surface area contributed by atoms with Gasteiger partial charge in [-0.2, -0.15) is 0 Å². The Balaban J connectivity index is 2.22. The summed E-state index contributed by atoms with van der Waals surface area (Å²) in [5.41, 5.74) is 7.46. The monoisotopic (exact) mass is 309 g/mol. The maximum Gasteiger partial charge on any atom is 0.0931 e. The number of thiophene rings is 1. The van der Waals surface area contributed by atoms with Gasteiger partial charge in [-0.25, -0.2) is 0 Å². The van der Waals surface area contributed by atoms with Gasteiger partial charge in [-0.15, -0.1) is 11.3 Å². The molecule has 0 aliphatic rings. The van der Waals surface area contributed by atoms with Crippen LogP contribution in [0.2, 0.25) is 4.34 Å². The summed E-state index contributed by atoms with van der Waals surface area (Å²) in [7, 11) is 0. The summed E-state index contributed by atoms with van der Waals surface area (Å²) in [6.45, 7) is 6.00. The SMILES string of the molecule is CCN(Cc1ccncc1)C(c1ccc(Cl)s1)C(C)N. The van der Waals surface area contributed by atoms with Crippen molar-refractivity contribution in [1.29, 1.82) is 0 Å². The quantitative estimate of drug-likeness (QED) is 0.884. The van der Waals surface area contributed by atoms with E-state index >= 15 is 0 Å². The lowest BCUT2D eigenvalue weighted by atomic mass is 10.1. The van der Waals surface area contributed by atoms with Gasteiger partial charge in [-0.3, -0.25) is 9.88 Å². The van der Waals surface area contributed by atoms with Crippen molar-refractivity contribution in [2.24, 2.45) is 5.73 Å². The third-order valence-corrected chi connectivity index (χ3v) is 4.62. The highest BCUT2D eigenvalue weighted by atomic mass is 35.5. The standard InChI is InChI=1S/C15H20ClN3S/c1-3-19(10-12-6-8-18-9-7-12)15(11(2)17)13-4-5-14(16)20-13/h4-9,11,15H,3,10,17H2,1-2H3.